The van der Waals surface area contributed by atoms with Crippen LogP contribution in [0.15, 0.2) is 11.6 Å². The standard InChI is InChI=1S/C36H59NO7/c1-20-26(38)35(37,42)27(39)36(43,44-20)24-11-13-32(6)23(29(24,2)3)12-14-34(8)25(32)10-9-21-22-19-31(5,28(40)41)16-15-30(22,4)17-18-33(21,34)7/h9,20,22-27,38-39,42-43H,10-19,37H2,1-8H3,(H,40,41)/t20-,22+,23?,24?,25-,26-,27-,30-,31?,32+,33-,34-,35+,36?/m1/s1. The van der Waals surface area contributed by atoms with Crippen LogP contribution in [0.3, 0.4) is 0 Å². The van der Waals surface area contributed by atoms with E-state index in [1.54, 1.807) is 6.92 Å². The van der Waals surface area contributed by atoms with E-state index in [9.17, 15) is 30.3 Å². The average Bonchev–Trinajstić information content (AvgIpc) is 2.92. The van der Waals surface area contributed by atoms with Crippen molar-refractivity contribution in [2.24, 2.45) is 61.9 Å². The van der Waals surface area contributed by atoms with Crippen molar-refractivity contribution in [2.45, 2.75) is 149 Å². The van der Waals surface area contributed by atoms with Gasteiger partial charge in [-0.25, -0.2) is 0 Å². The fraction of sp³-hybridized carbons (Fsp3) is 0.917. The van der Waals surface area contributed by atoms with E-state index in [0.29, 0.717) is 12.3 Å². The smallest absolute Gasteiger partial charge is 0.309 e. The van der Waals surface area contributed by atoms with Crippen LogP contribution in [-0.2, 0) is 9.53 Å². The summed E-state index contributed by atoms with van der Waals surface area (Å²) in [6.45, 7) is 17.7. The van der Waals surface area contributed by atoms with Gasteiger partial charge in [-0.2, -0.15) is 0 Å². The Morgan fingerprint density at radius 1 is 0.886 bits per heavy atom. The summed E-state index contributed by atoms with van der Waals surface area (Å²) < 4.78 is 5.99. The lowest BCUT2D eigenvalue weighted by molar-refractivity contribution is -0.403. The van der Waals surface area contributed by atoms with E-state index >= 15 is 0 Å². The Labute approximate surface area is 263 Å². The molecule has 1 saturated heterocycles. The van der Waals surface area contributed by atoms with Crippen LogP contribution in [0.4, 0.5) is 0 Å². The second kappa shape index (κ2) is 9.53. The summed E-state index contributed by atoms with van der Waals surface area (Å²) in [5.41, 5.74) is 4.20. The summed E-state index contributed by atoms with van der Waals surface area (Å²) in [5, 5.41) is 54.8. The van der Waals surface area contributed by atoms with Crippen molar-refractivity contribution in [2.75, 3.05) is 0 Å². The Hall–Kier alpha value is -1.03. The first-order chi connectivity index (χ1) is 20.0. The van der Waals surface area contributed by atoms with E-state index in [1.165, 1.54) is 5.57 Å². The van der Waals surface area contributed by atoms with Gasteiger partial charge in [-0.15, -0.1) is 0 Å². The second-order valence-corrected chi connectivity index (χ2v) is 18.3. The molecule has 8 heteroatoms. The zero-order valence-electron chi connectivity index (χ0n) is 28.3. The highest BCUT2D eigenvalue weighted by Gasteiger charge is 2.72. The predicted octanol–water partition coefficient (Wildman–Crippen LogP) is 4.97. The number of nitrogens with two attached hydrogens (primary N) is 1. The van der Waals surface area contributed by atoms with Crippen LogP contribution in [0, 0.1) is 56.2 Å². The van der Waals surface area contributed by atoms with Gasteiger partial charge in [0.2, 0.25) is 0 Å². The highest BCUT2D eigenvalue weighted by atomic mass is 16.7. The molecule has 5 fully saturated rings. The quantitative estimate of drug-likeness (QED) is 0.188. The van der Waals surface area contributed by atoms with Gasteiger partial charge < -0.3 is 30.3 Å². The number of carbonyl (C=O) groups is 1. The van der Waals surface area contributed by atoms with Crippen LogP contribution >= 0.6 is 0 Å². The zero-order valence-corrected chi connectivity index (χ0v) is 28.3. The summed E-state index contributed by atoms with van der Waals surface area (Å²) in [5.74, 6) is -2.31. The maximum atomic E-state index is 12.4. The van der Waals surface area contributed by atoms with Crippen molar-refractivity contribution in [1.82, 2.24) is 0 Å². The maximum Gasteiger partial charge on any atom is 0.309 e. The number of allylic oxidation sites excluding steroid dienone is 2. The van der Waals surface area contributed by atoms with E-state index in [-0.39, 0.29) is 33.5 Å². The molecule has 1 heterocycles. The molecular formula is C36H59NO7. The average molecular weight is 618 g/mol. The maximum absolute atomic E-state index is 12.4. The number of hydrogen-bond acceptors (Lipinski definition) is 7. The summed E-state index contributed by atoms with van der Waals surface area (Å²) in [6, 6.07) is 0. The number of aliphatic carboxylic acids is 1. The molecule has 44 heavy (non-hydrogen) atoms. The van der Waals surface area contributed by atoms with E-state index in [0.717, 1.165) is 57.8 Å². The Morgan fingerprint density at radius 2 is 1.50 bits per heavy atom. The molecule has 7 N–H and O–H groups in total. The second-order valence-electron chi connectivity index (χ2n) is 18.3. The van der Waals surface area contributed by atoms with Crippen molar-refractivity contribution in [1.29, 1.82) is 0 Å². The van der Waals surface area contributed by atoms with Crippen LogP contribution in [0.2, 0.25) is 0 Å². The summed E-state index contributed by atoms with van der Waals surface area (Å²) >= 11 is 0. The van der Waals surface area contributed by atoms with Gasteiger partial charge in [0.15, 0.2) is 17.6 Å². The first-order valence-corrected chi connectivity index (χ1v) is 17.3. The molecular weight excluding hydrogens is 558 g/mol. The van der Waals surface area contributed by atoms with Crippen molar-refractivity contribution >= 4 is 5.97 Å². The number of aliphatic hydroxyl groups is 4. The minimum atomic E-state index is -2.39. The lowest BCUT2D eigenvalue weighted by Gasteiger charge is -2.72. The Balaban J connectivity index is 1.35. The SMILES string of the molecule is C[C@H]1OC(O)(C2CC[C@@]3(C)C(CC[C@]4(C)[C@@H]3CC=C3[C@@H]5CC(C)(C(=O)O)CC[C@]5(C)CC[C@]34C)C2(C)C)[C@H](O)[C@@](N)(O)[C@@H]1O. The first-order valence-electron chi connectivity index (χ1n) is 17.3. The molecule has 14 atom stereocenters. The van der Waals surface area contributed by atoms with Crippen molar-refractivity contribution < 1.29 is 35.1 Å². The highest BCUT2D eigenvalue weighted by molar-refractivity contribution is 5.74. The van der Waals surface area contributed by atoms with Crippen molar-refractivity contribution in [3.8, 4) is 0 Å². The topological polar surface area (TPSA) is 153 Å². The number of hydrogen-bond donors (Lipinski definition) is 6. The number of aliphatic hydroxyl groups excluding tert-OH is 2. The summed E-state index contributed by atoms with van der Waals surface area (Å²) in [6.07, 6.45) is 7.34. The van der Waals surface area contributed by atoms with Crippen LogP contribution in [0.1, 0.15) is 120 Å². The molecule has 0 spiro atoms. The lowest BCUT2D eigenvalue weighted by atomic mass is 9.33. The lowest BCUT2D eigenvalue weighted by Crippen LogP contribution is -2.78. The van der Waals surface area contributed by atoms with Crippen LogP contribution in [0.25, 0.3) is 0 Å². The van der Waals surface area contributed by atoms with Gasteiger partial charge in [0, 0.05) is 5.92 Å². The molecule has 4 unspecified atom stereocenters. The number of fused-ring (bicyclic) bond motifs is 7. The third-order valence-electron chi connectivity index (χ3n) is 16.0. The van der Waals surface area contributed by atoms with E-state index in [4.69, 9.17) is 10.5 Å². The third kappa shape index (κ3) is 3.94. The van der Waals surface area contributed by atoms with E-state index in [1.807, 2.05) is 6.92 Å². The van der Waals surface area contributed by atoms with E-state index < -0.39 is 52.5 Å². The highest BCUT2D eigenvalue weighted by Crippen LogP contribution is 2.76. The number of carboxylic acid groups (broad SMARTS) is 1. The fourth-order valence-corrected chi connectivity index (χ4v) is 12.9. The molecule has 0 radical (unpaired) electrons. The van der Waals surface area contributed by atoms with Gasteiger partial charge >= 0.3 is 5.97 Å². The molecule has 0 aromatic carbocycles. The molecule has 8 nitrogen and oxygen atoms in total. The molecule has 6 rings (SSSR count). The molecule has 6 aliphatic rings. The van der Waals surface area contributed by atoms with Crippen LogP contribution in [-0.4, -0.2) is 61.3 Å². The Morgan fingerprint density at radius 3 is 2.14 bits per heavy atom. The largest absolute Gasteiger partial charge is 0.481 e. The molecule has 0 aromatic rings. The minimum Gasteiger partial charge on any atom is -0.481 e. The van der Waals surface area contributed by atoms with Gasteiger partial charge in [0.25, 0.3) is 0 Å². The number of rotatable bonds is 2. The molecule has 250 valence electrons. The van der Waals surface area contributed by atoms with Gasteiger partial charge in [0.1, 0.15) is 6.10 Å². The van der Waals surface area contributed by atoms with Crippen molar-refractivity contribution in [3.05, 3.63) is 11.6 Å². The molecule has 1 aliphatic heterocycles. The fourth-order valence-electron chi connectivity index (χ4n) is 12.9. The third-order valence-corrected chi connectivity index (χ3v) is 16.0. The van der Waals surface area contributed by atoms with E-state index in [2.05, 4.69) is 47.6 Å². The summed E-state index contributed by atoms with van der Waals surface area (Å²) in [7, 11) is 0. The van der Waals surface area contributed by atoms with Crippen molar-refractivity contribution in [3.63, 3.8) is 0 Å². The molecule has 0 amide bonds. The number of ether oxygens (including phenoxy) is 1. The Bertz CT molecular complexity index is 1250. The minimum absolute atomic E-state index is 0.00565. The first kappa shape index (κ1) is 32.9. The zero-order chi connectivity index (χ0) is 32.7. The van der Waals surface area contributed by atoms with Gasteiger partial charge in [0.05, 0.1) is 11.5 Å². The normalized spacial score (nSPS) is 58.5. The van der Waals surface area contributed by atoms with Gasteiger partial charge in [-0.3, -0.25) is 10.5 Å². The monoisotopic (exact) mass is 617 g/mol. The predicted molar refractivity (Wildman–Crippen MR) is 167 cm³/mol. The molecule has 0 aromatic heterocycles. The molecule has 5 aliphatic carbocycles. The summed E-state index contributed by atoms with van der Waals surface area (Å²) in [4.78, 5) is 12.4. The van der Waals surface area contributed by atoms with Crippen LogP contribution in [0.5, 0.6) is 0 Å². The van der Waals surface area contributed by atoms with Gasteiger partial charge in [-0.05, 0) is 123 Å². The molecule has 4 saturated carbocycles. The number of carboxylic acids is 1. The van der Waals surface area contributed by atoms with Crippen LogP contribution < -0.4 is 5.73 Å². The Kier molecular flexibility index (Phi) is 7.13. The van der Waals surface area contributed by atoms with Gasteiger partial charge in [-0.1, -0.05) is 53.2 Å². The molecule has 0 bridgehead atoms.